The third-order valence-electron chi connectivity index (χ3n) is 3.91. The second-order valence-electron chi connectivity index (χ2n) is 5.41. The molecule has 2 rings (SSSR count). The van der Waals surface area contributed by atoms with Gasteiger partial charge in [0.25, 0.3) is 0 Å². The van der Waals surface area contributed by atoms with Crippen molar-refractivity contribution in [1.29, 1.82) is 0 Å². The molecule has 0 spiro atoms. The van der Waals surface area contributed by atoms with Gasteiger partial charge in [-0.05, 0) is 51.1 Å². The zero-order valence-corrected chi connectivity index (χ0v) is 11.7. The number of aliphatic hydroxyl groups is 1. The first-order valence-corrected chi connectivity index (χ1v) is 6.75. The lowest BCUT2D eigenvalue weighted by atomic mass is 10.1. The molecule has 1 fully saturated rings. The summed E-state index contributed by atoms with van der Waals surface area (Å²) in [5, 5.41) is 9.51. The SMILES string of the molecule is Cc1ccc(C)c(N2CCCN(C)C(CO)C2)c1. The molecule has 1 aromatic rings. The number of aliphatic hydroxyl groups excluding tert-OH is 1. The van der Waals surface area contributed by atoms with E-state index in [-0.39, 0.29) is 12.6 Å². The topological polar surface area (TPSA) is 26.7 Å². The minimum Gasteiger partial charge on any atom is -0.395 e. The first-order chi connectivity index (χ1) is 8.61. The monoisotopic (exact) mass is 248 g/mol. The molecule has 18 heavy (non-hydrogen) atoms. The average molecular weight is 248 g/mol. The highest BCUT2D eigenvalue weighted by atomic mass is 16.3. The van der Waals surface area contributed by atoms with Gasteiger partial charge in [-0.15, -0.1) is 0 Å². The van der Waals surface area contributed by atoms with Gasteiger partial charge in [-0.1, -0.05) is 12.1 Å². The molecule has 3 nitrogen and oxygen atoms in total. The van der Waals surface area contributed by atoms with Gasteiger partial charge in [-0.3, -0.25) is 4.90 Å². The van der Waals surface area contributed by atoms with Crippen molar-refractivity contribution < 1.29 is 5.11 Å². The number of likely N-dealkylation sites (N-methyl/N-ethyl adjacent to an activating group) is 1. The summed E-state index contributed by atoms with van der Waals surface area (Å²) in [6.45, 7) is 7.58. The van der Waals surface area contributed by atoms with Crippen molar-refractivity contribution in [2.75, 3.05) is 38.2 Å². The van der Waals surface area contributed by atoms with Crippen LogP contribution in [0.2, 0.25) is 0 Å². The lowest BCUT2D eigenvalue weighted by molar-refractivity contribution is 0.159. The van der Waals surface area contributed by atoms with Crippen LogP contribution in [0.3, 0.4) is 0 Å². The summed E-state index contributed by atoms with van der Waals surface area (Å²) in [4.78, 5) is 4.69. The summed E-state index contributed by atoms with van der Waals surface area (Å²) in [6.07, 6.45) is 1.15. The van der Waals surface area contributed by atoms with Crippen molar-refractivity contribution in [1.82, 2.24) is 4.90 Å². The average Bonchev–Trinajstić information content (AvgIpc) is 2.54. The summed E-state index contributed by atoms with van der Waals surface area (Å²) in [5.41, 5.74) is 3.94. The van der Waals surface area contributed by atoms with Crippen LogP contribution in [0.1, 0.15) is 17.5 Å². The number of hydrogen-bond donors (Lipinski definition) is 1. The molecule has 1 aliphatic rings. The van der Waals surface area contributed by atoms with Gasteiger partial charge in [0.15, 0.2) is 0 Å². The number of rotatable bonds is 2. The Bertz CT molecular complexity index is 405. The zero-order chi connectivity index (χ0) is 13.1. The molecule has 1 heterocycles. The Hall–Kier alpha value is -1.06. The van der Waals surface area contributed by atoms with Crippen molar-refractivity contribution in [3.63, 3.8) is 0 Å². The predicted octanol–water partition coefficient (Wildman–Crippen LogP) is 1.81. The first-order valence-electron chi connectivity index (χ1n) is 6.75. The highest BCUT2D eigenvalue weighted by Crippen LogP contribution is 2.23. The van der Waals surface area contributed by atoms with Gasteiger partial charge < -0.3 is 10.0 Å². The van der Waals surface area contributed by atoms with Crippen LogP contribution < -0.4 is 4.90 Å². The van der Waals surface area contributed by atoms with Gasteiger partial charge in [-0.25, -0.2) is 0 Å². The molecular weight excluding hydrogens is 224 g/mol. The molecule has 1 unspecified atom stereocenters. The van der Waals surface area contributed by atoms with E-state index >= 15 is 0 Å². The van der Waals surface area contributed by atoms with E-state index in [0.29, 0.717) is 0 Å². The fourth-order valence-corrected chi connectivity index (χ4v) is 2.65. The van der Waals surface area contributed by atoms with Gasteiger partial charge in [0, 0.05) is 24.8 Å². The number of aryl methyl sites for hydroxylation is 2. The maximum Gasteiger partial charge on any atom is 0.0603 e. The lowest BCUT2D eigenvalue weighted by Gasteiger charge is -2.30. The Morgan fingerprint density at radius 2 is 2.06 bits per heavy atom. The standard InChI is InChI=1S/C15H24N2O/c1-12-5-6-13(2)15(9-12)17-8-4-7-16(3)14(10-17)11-18/h5-6,9,14,18H,4,7-8,10-11H2,1-3H3. The Kier molecular flexibility index (Phi) is 4.25. The smallest absolute Gasteiger partial charge is 0.0603 e. The number of benzene rings is 1. The van der Waals surface area contributed by atoms with Crippen molar-refractivity contribution in [2.24, 2.45) is 0 Å². The Morgan fingerprint density at radius 1 is 1.28 bits per heavy atom. The van der Waals surface area contributed by atoms with E-state index in [9.17, 15) is 5.11 Å². The lowest BCUT2D eigenvalue weighted by Crippen LogP contribution is -2.41. The predicted molar refractivity (Wildman–Crippen MR) is 76.2 cm³/mol. The molecule has 0 bridgehead atoms. The van der Waals surface area contributed by atoms with E-state index < -0.39 is 0 Å². The highest BCUT2D eigenvalue weighted by Gasteiger charge is 2.22. The Morgan fingerprint density at radius 3 is 2.78 bits per heavy atom. The molecule has 0 saturated carbocycles. The van der Waals surface area contributed by atoms with Crippen molar-refractivity contribution in [3.8, 4) is 0 Å². The maximum atomic E-state index is 9.51. The van der Waals surface area contributed by atoms with Gasteiger partial charge in [0.05, 0.1) is 6.61 Å². The first kappa shape index (κ1) is 13.4. The molecule has 0 radical (unpaired) electrons. The summed E-state index contributed by atoms with van der Waals surface area (Å²) >= 11 is 0. The third kappa shape index (κ3) is 2.85. The molecule has 0 amide bonds. The van der Waals surface area contributed by atoms with Crippen LogP contribution in [-0.4, -0.2) is 49.3 Å². The fourth-order valence-electron chi connectivity index (χ4n) is 2.65. The van der Waals surface area contributed by atoms with Crippen LogP contribution in [0.25, 0.3) is 0 Å². The van der Waals surface area contributed by atoms with E-state index in [4.69, 9.17) is 0 Å². The maximum absolute atomic E-state index is 9.51. The van der Waals surface area contributed by atoms with Gasteiger partial charge in [-0.2, -0.15) is 0 Å². The van der Waals surface area contributed by atoms with Crippen molar-refractivity contribution >= 4 is 5.69 Å². The van der Waals surface area contributed by atoms with Crippen LogP contribution in [0.15, 0.2) is 18.2 Å². The molecule has 0 aromatic heterocycles. The quantitative estimate of drug-likeness (QED) is 0.864. The van der Waals surface area contributed by atoms with E-state index in [2.05, 4.69) is 48.9 Å². The number of hydrogen-bond acceptors (Lipinski definition) is 3. The normalized spacial score (nSPS) is 22.0. The van der Waals surface area contributed by atoms with Crippen molar-refractivity contribution in [3.05, 3.63) is 29.3 Å². The summed E-state index contributed by atoms with van der Waals surface area (Å²) in [6, 6.07) is 6.85. The van der Waals surface area contributed by atoms with E-state index in [1.165, 1.54) is 16.8 Å². The van der Waals surface area contributed by atoms with E-state index in [1.807, 2.05) is 0 Å². The molecule has 0 aliphatic carbocycles. The van der Waals surface area contributed by atoms with Gasteiger partial charge >= 0.3 is 0 Å². The highest BCUT2D eigenvalue weighted by molar-refractivity contribution is 5.55. The number of anilines is 1. The number of nitrogens with zero attached hydrogens (tertiary/aromatic N) is 2. The zero-order valence-electron chi connectivity index (χ0n) is 11.7. The van der Waals surface area contributed by atoms with E-state index in [1.54, 1.807) is 0 Å². The molecule has 1 N–H and O–H groups in total. The summed E-state index contributed by atoms with van der Waals surface area (Å²) in [5.74, 6) is 0. The van der Waals surface area contributed by atoms with Crippen LogP contribution in [0.5, 0.6) is 0 Å². The molecule has 100 valence electrons. The summed E-state index contributed by atoms with van der Waals surface area (Å²) in [7, 11) is 2.10. The minimum absolute atomic E-state index is 0.234. The fraction of sp³-hybridized carbons (Fsp3) is 0.600. The third-order valence-corrected chi connectivity index (χ3v) is 3.91. The molecule has 1 aromatic carbocycles. The van der Waals surface area contributed by atoms with Crippen LogP contribution in [0, 0.1) is 13.8 Å². The molecule has 1 saturated heterocycles. The molecule has 1 aliphatic heterocycles. The second-order valence-corrected chi connectivity index (χ2v) is 5.41. The van der Waals surface area contributed by atoms with Crippen LogP contribution in [0.4, 0.5) is 5.69 Å². The Balaban J connectivity index is 2.23. The Labute approximate surface area is 110 Å². The van der Waals surface area contributed by atoms with Crippen molar-refractivity contribution in [2.45, 2.75) is 26.3 Å². The van der Waals surface area contributed by atoms with Gasteiger partial charge in [0.1, 0.15) is 0 Å². The van der Waals surface area contributed by atoms with Gasteiger partial charge in [0.2, 0.25) is 0 Å². The molecule has 3 heteroatoms. The van der Waals surface area contributed by atoms with Crippen LogP contribution >= 0.6 is 0 Å². The molecule has 1 atom stereocenters. The molecular formula is C15H24N2O. The second kappa shape index (κ2) is 5.72. The van der Waals surface area contributed by atoms with Crippen LogP contribution in [-0.2, 0) is 0 Å². The summed E-state index contributed by atoms with van der Waals surface area (Å²) < 4.78 is 0. The largest absolute Gasteiger partial charge is 0.395 e. The minimum atomic E-state index is 0.234. The van der Waals surface area contributed by atoms with E-state index in [0.717, 1.165) is 26.1 Å².